The molecular weight excluding hydrogens is 288 g/mol. The van der Waals surface area contributed by atoms with Gasteiger partial charge in [0.2, 0.25) is 0 Å². The molecule has 0 aromatic heterocycles. The number of nitrogens with zero attached hydrogens (tertiary/aromatic N) is 2. The Bertz CT molecular complexity index is 388. The fourth-order valence-electron chi connectivity index (χ4n) is 3.34. The Morgan fingerprint density at radius 1 is 1.26 bits per heavy atom. The molecule has 1 aliphatic rings. The molecule has 0 aromatic carbocycles. The summed E-state index contributed by atoms with van der Waals surface area (Å²) in [7, 11) is 1.84. The minimum absolute atomic E-state index is 0.0816. The van der Waals surface area contributed by atoms with Crippen molar-refractivity contribution in [3.05, 3.63) is 11.6 Å². The fourth-order valence-corrected chi connectivity index (χ4v) is 3.34. The van der Waals surface area contributed by atoms with Gasteiger partial charge in [-0.05, 0) is 46.0 Å². The lowest BCUT2D eigenvalue weighted by Gasteiger charge is -2.40. The largest absolute Gasteiger partial charge is 0.376 e. The third kappa shape index (κ3) is 5.61. The summed E-state index contributed by atoms with van der Waals surface area (Å²) < 4.78 is 11.7. The van der Waals surface area contributed by atoms with E-state index < -0.39 is 0 Å². The van der Waals surface area contributed by atoms with Crippen LogP contribution in [0.25, 0.3) is 0 Å². The molecule has 1 rings (SSSR count). The van der Waals surface area contributed by atoms with Crippen LogP contribution in [0.5, 0.6) is 0 Å². The molecule has 134 valence electrons. The van der Waals surface area contributed by atoms with E-state index in [9.17, 15) is 0 Å². The maximum Gasteiger partial charge on any atom is 0.0892 e. The Kier molecular flexibility index (Phi) is 8.85. The van der Waals surface area contributed by atoms with E-state index in [4.69, 9.17) is 14.6 Å². The summed E-state index contributed by atoms with van der Waals surface area (Å²) in [6, 6.07) is 0.377. The summed E-state index contributed by atoms with van der Waals surface area (Å²) in [5, 5.41) is 7.19. The second kappa shape index (κ2) is 10.1. The van der Waals surface area contributed by atoms with Crippen LogP contribution in [0.4, 0.5) is 0 Å². The van der Waals surface area contributed by atoms with Gasteiger partial charge < -0.3 is 9.47 Å². The Morgan fingerprint density at radius 2 is 1.96 bits per heavy atom. The standard InChI is InChI=1S/C19H36N2O2/c1-7-17(15-23-14-12-16(4)5)20-21-13-10-11-18(21)19(8-2,9-3)22-6/h12,18H,7-11,13-15H2,1-6H3/b20-17+/t18-/m0/s1. The first-order valence-corrected chi connectivity index (χ1v) is 9.12. The van der Waals surface area contributed by atoms with Crippen molar-refractivity contribution >= 4 is 5.71 Å². The fraction of sp³-hybridized carbons (Fsp3) is 0.842. The third-order valence-corrected chi connectivity index (χ3v) is 4.99. The zero-order valence-corrected chi connectivity index (χ0v) is 16.0. The van der Waals surface area contributed by atoms with E-state index in [0.29, 0.717) is 19.3 Å². The predicted octanol–water partition coefficient (Wildman–Crippen LogP) is 4.40. The number of hydrogen-bond acceptors (Lipinski definition) is 4. The van der Waals surface area contributed by atoms with E-state index in [0.717, 1.165) is 37.9 Å². The van der Waals surface area contributed by atoms with Crippen molar-refractivity contribution < 1.29 is 9.47 Å². The average Bonchev–Trinajstić information content (AvgIpc) is 3.01. The van der Waals surface area contributed by atoms with Crippen molar-refractivity contribution in [3.8, 4) is 0 Å². The monoisotopic (exact) mass is 324 g/mol. The summed E-state index contributed by atoms with van der Waals surface area (Å²) >= 11 is 0. The van der Waals surface area contributed by atoms with E-state index >= 15 is 0 Å². The Balaban J connectivity index is 2.75. The van der Waals surface area contributed by atoms with Crippen molar-refractivity contribution in [1.82, 2.24) is 5.01 Å². The second-order valence-electron chi connectivity index (χ2n) is 6.61. The molecule has 0 spiro atoms. The van der Waals surface area contributed by atoms with Gasteiger partial charge in [0.1, 0.15) is 0 Å². The summed E-state index contributed by atoms with van der Waals surface area (Å²) in [4.78, 5) is 0. The highest BCUT2D eigenvalue weighted by atomic mass is 16.5. The molecule has 1 fully saturated rings. The van der Waals surface area contributed by atoms with Crippen LogP contribution >= 0.6 is 0 Å². The Hall–Kier alpha value is -0.870. The first kappa shape index (κ1) is 20.2. The number of methoxy groups -OCH3 is 1. The number of hydrogen-bond donors (Lipinski definition) is 0. The molecule has 1 saturated heterocycles. The summed E-state index contributed by atoms with van der Waals surface area (Å²) in [6.45, 7) is 13.1. The highest BCUT2D eigenvalue weighted by molar-refractivity contribution is 5.85. The van der Waals surface area contributed by atoms with E-state index in [-0.39, 0.29) is 5.60 Å². The molecule has 0 aromatic rings. The van der Waals surface area contributed by atoms with Gasteiger partial charge >= 0.3 is 0 Å². The lowest BCUT2D eigenvalue weighted by molar-refractivity contribution is -0.0733. The molecule has 23 heavy (non-hydrogen) atoms. The van der Waals surface area contributed by atoms with Gasteiger partial charge in [-0.1, -0.05) is 32.4 Å². The molecule has 4 nitrogen and oxygen atoms in total. The normalized spacial score (nSPS) is 19.3. The Morgan fingerprint density at radius 3 is 2.48 bits per heavy atom. The lowest BCUT2D eigenvalue weighted by atomic mass is 9.87. The summed E-state index contributed by atoms with van der Waals surface area (Å²) in [6.07, 6.45) is 7.43. The summed E-state index contributed by atoms with van der Waals surface area (Å²) in [5.41, 5.74) is 2.33. The van der Waals surface area contributed by atoms with E-state index in [1.54, 1.807) is 0 Å². The SMILES string of the molecule is CC/C(COCC=C(C)C)=N\N1CCC[C@H]1C(CC)(CC)OC. The van der Waals surface area contributed by atoms with Gasteiger partial charge in [-0.25, -0.2) is 0 Å². The number of hydrazone groups is 1. The highest BCUT2D eigenvalue weighted by Gasteiger charge is 2.42. The first-order valence-electron chi connectivity index (χ1n) is 9.12. The molecule has 0 radical (unpaired) electrons. The number of allylic oxidation sites excluding steroid dienone is 1. The third-order valence-electron chi connectivity index (χ3n) is 4.99. The molecule has 0 unspecified atom stereocenters. The smallest absolute Gasteiger partial charge is 0.0892 e. The topological polar surface area (TPSA) is 34.1 Å². The van der Waals surface area contributed by atoms with E-state index in [1.165, 1.54) is 12.0 Å². The van der Waals surface area contributed by atoms with Crippen LogP contribution in [0.2, 0.25) is 0 Å². The maximum atomic E-state index is 5.94. The summed E-state index contributed by atoms with van der Waals surface area (Å²) in [5.74, 6) is 0. The molecule has 1 aliphatic heterocycles. The van der Waals surface area contributed by atoms with Crippen LogP contribution in [-0.4, -0.2) is 49.2 Å². The minimum atomic E-state index is -0.0816. The molecule has 0 saturated carbocycles. The van der Waals surface area contributed by atoms with Crippen LogP contribution in [0, 0.1) is 0 Å². The zero-order valence-electron chi connectivity index (χ0n) is 16.0. The van der Waals surface area contributed by atoms with Crippen LogP contribution in [0.15, 0.2) is 16.8 Å². The van der Waals surface area contributed by atoms with Gasteiger partial charge in [-0.3, -0.25) is 5.01 Å². The van der Waals surface area contributed by atoms with E-state index in [2.05, 4.69) is 45.7 Å². The van der Waals surface area contributed by atoms with Gasteiger partial charge in [0.15, 0.2) is 0 Å². The van der Waals surface area contributed by atoms with Gasteiger partial charge in [0, 0.05) is 13.7 Å². The van der Waals surface area contributed by atoms with Crippen molar-refractivity contribution in [3.63, 3.8) is 0 Å². The molecule has 1 atom stereocenters. The van der Waals surface area contributed by atoms with Crippen LogP contribution in [0.3, 0.4) is 0 Å². The number of ether oxygens (including phenoxy) is 2. The molecule has 4 heteroatoms. The minimum Gasteiger partial charge on any atom is -0.376 e. The van der Waals surface area contributed by atoms with Crippen molar-refractivity contribution in [2.75, 3.05) is 26.9 Å². The van der Waals surface area contributed by atoms with Crippen LogP contribution in [0.1, 0.15) is 66.7 Å². The maximum absolute atomic E-state index is 5.94. The van der Waals surface area contributed by atoms with Gasteiger partial charge in [-0.2, -0.15) is 5.10 Å². The van der Waals surface area contributed by atoms with Crippen LogP contribution in [-0.2, 0) is 9.47 Å². The molecule has 1 heterocycles. The highest BCUT2D eigenvalue weighted by Crippen LogP contribution is 2.34. The molecule has 0 aliphatic carbocycles. The Labute approximate surface area is 142 Å². The van der Waals surface area contributed by atoms with Gasteiger partial charge in [0.05, 0.1) is 30.6 Å². The number of rotatable bonds is 10. The van der Waals surface area contributed by atoms with Gasteiger partial charge in [-0.15, -0.1) is 0 Å². The lowest BCUT2D eigenvalue weighted by Crippen LogP contribution is -2.49. The second-order valence-corrected chi connectivity index (χ2v) is 6.61. The van der Waals surface area contributed by atoms with Gasteiger partial charge in [0.25, 0.3) is 0 Å². The van der Waals surface area contributed by atoms with E-state index in [1.807, 2.05) is 7.11 Å². The average molecular weight is 325 g/mol. The van der Waals surface area contributed by atoms with Crippen molar-refractivity contribution in [1.29, 1.82) is 0 Å². The first-order chi connectivity index (χ1) is 11.0. The van der Waals surface area contributed by atoms with Crippen molar-refractivity contribution in [2.45, 2.75) is 78.4 Å². The zero-order chi connectivity index (χ0) is 17.3. The molecule has 0 N–H and O–H groups in total. The molecule has 0 amide bonds. The molecular formula is C19H36N2O2. The quantitative estimate of drug-likeness (QED) is 0.339. The predicted molar refractivity (Wildman–Crippen MR) is 98.0 cm³/mol. The van der Waals surface area contributed by atoms with Crippen LogP contribution < -0.4 is 0 Å². The molecule has 0 bridgehead atoms. The van der Waals surface area contributed by atoms with Crippen molar-refractivity contribution in [2.24, 2.45) is 5.10 Å².